The molecule has 1 aliphatic rings. The van der Waals surface area contributed by atoms with Crippen LogP contribution >= 0.6 is 0 Å². The van der Waals surface area contributed by atoms with Crippen molar-refractivity contribution in [3.8, 4) is 5.75 Å². The number of benzene rings is 1. The van der Waals surface area contributed by atoms with Crippen molar-refractivity contribution in [2.24, 2.45) is 0 Å². The Morgan fingerprint density at radius 2 is 2.00 bits per heavy atom. The van der Waals surface area contributed by atoms with Gasteiger partial charge in [0, 0.05) is 6.54 Å². The molecule has 2 rings (SSSR count). The van der Waals surface area contributed by atoms with Gasteiger partial charge in [0.05, 0.1) is 13.2 Å². The van der Waals surface area contributed by atoms with E-state index in [1.807, 2.05) is 26.0 Å². The van der Waals surface area contributed by atoms with Crippen LogP contribution in [0.15, 0.2) is 24.3 Å². The summed E-state index contributed by atoms with van der Waals surface area (Å²) in [6, 6.07) is 8.00. The zero-order chi connectivity index (χ0) is 14.4. The first-order valence-electron chi connectivity index (χ1n) is 7.37. The average molecular weight is 277 g/mol. The molecule has 1 aliphatic heterocycles. The summed E-state index contributed by atoms with van der Waals surface area (Å²) in [5.74, 6) is 0.801. The molecule has 4 heteroatoms. The van der Waals surface area contributed by atoms with Crippen molar-refractivity contribution in [1.82, 2.24) is 4.90 Å². The molecule has 1 atom stereocenters. The standard InChI is InChI=1S/C16H23NO3/c1-3-19-14-9-7-13(8-10-14)12-17-11-5-6-15(17)16(18)20-4-2/h7-10,15H,3-6,11-12H2,1-2H3. The molecule has 20 heavy (non-hydrogen) atoms. The average Bonchev–Trinajstić information content (AvgIpc) is 2.90. The molecule has 0 radical (unpaired) electrons. The zero-order valence-electron chi connectivity index (χ0n) is 12.3. The molecule has 1 saturated heterocycles. The van der Waals surface area contributed by atoms with Crippen LogP contribution in [0.5, 0.6) is 5.75 Å². The van der Waals surface area contributed by atoms with Crippen molar-refractivity contribution in [2.75, 3.05) is 19.8 Å². The Hall–Kier alpha value is -1.55. The molecule has 1 heterocycles. The fourth-order valence-electron chi connectivity index (χ4n) is 2.61. The lowest BCUT2D eigenvalue weighted by molar-refractivity contribution is -0.148. The van der Waals surface area contributed by atoms with Gasteiger partial charge in [-0.2, -0.15) is 0 Å². The fraction of sp³-hybridized carbons (Fsp3) is 0.562. The second-order valence-electron chi connectivity index (χ2n) is 4.96. The van der Waals surface area contributed by atoms with Crippen LogP contribution in [0.2, 0.25) is 0 Å². The van der Waals surface area contributed by atoms with Gasteiger partial charge in [-0.3, -0.25) is 9.69 Å². The Bertz CT molecular complexity index is 430. The first-order valence-corrected chi connectivity index (χ1v) is 7.37. The number of rotatable bonds is 6. The highest BCUT2D eigenvalue weighted by Gasteiger charge is 2.31. The van der Waals surface area contributed by atoms with Crippen LogP contribution in [-0.2, 0) is 16.1 Å². The summed E-state index contributed by atoms with van der Waals surface area (Å²) >= 11 is 0. The summed E-state index contributed by atoms with van der Waals surface area (Å²) < 4.78 is 10.6. The number of esters is 1. The van der Waals surface area contributed by atoms with Crippen LogP contribution in [-0.4, -0.2) is 36.7 Å². The quantitative estimate of drug-likeness (QED) is 0.749. The summed E-state index contributed by atoms with van der Waals surface area (Å²) in [5.41, 5.74) is 1.20. The molecule has 0 amide bonds. The molecule has 0 aliphatic carbocycles. The van der Waals surface area contributed by atoms with E-state index in [2.05, 4.69) is 17.0 Å². The zero-order valence-corrected chi connectivity index (χ0v) is 12.3. The third-order valence-electron chi connectivity index (χ3n) is 3.54. The van der Waals surface area contributed by atoms with Gasteiger partial charge in [-0.25, -0.2) is 0 Å². The van der Waals surface area contributed by atoms with Crippen molar-refractivity contribution < 1.29 is 14.3 Å². The maximum atomic E-state index is 11.9. The smallest absolute Gasteiger partial charge is 0.323 e. The second kappa shape index (κ2) is 7.29. The number of carbonyl (C=O) groups is 1. The van der Waals surface area contributed by atoms with E-state index in [0.29, 0.717) is 13.2 Å². The maximum Gasteiger partial charge on any atom is 0.323 e. The van der Waals surface area contributed by atoms with Crippen LogP contribution in [0.3, 0.4) is 0 Å². The number of hydrogen-bond acceptors (Lipinski definition) is 4. The fourth-order valence-corrected chi connectivity index (χ4v) is 2.61. The van der Waals surface area contributed by atoms with Gasteiger partial charge in [0.15, 0.2) is 0 Å². The van der Waals surface area contributed by atoms with Crippen molar-refractivity contribution in [3.05, 3.63) is 29.8 Å². The van der Waals surface area contributed by atoms with Gasteiger partial charge >= 0.3 is 5.97 Å². The number of nitrogens with zero attached hydrogens (tertiary/aromatic N) is 1. The second-order valence-corrected chi connectivity index (χ2v) is 4.96. The molecule has 0 aromatic heterocycles. The largest absolute Gasteiger partial charge is 0.494 e. The molecule has 1 aromatic rings. The maximum absolute atomic E-state index is 11.9. The molecule has 0 spiro atoms. The topological polar surface area (TPSA) is 38.8 Å². The van der Waals surface area contributed by atoms with Gasteiger partial charge in [-0.1, -0.05) is 12.1 Å². The number of ether oxygens (including phenoxy) is 2. The summed E-state index contributed by atoms with van der Waals surface area (Å²) in [7, 11) is 0. The van der Waals surface area contributed by atoms with Gasteiger partial charge in [-0.05, 0) is 50.9 Å². The van der Waals surface area contributed by atoms with Crippen LogP contribution < -0.4 is 4.74 Å². The number of hydrogen-bond donors (Lipinski definition) is 0. The lowest BCUT2D eigenvalue weighted by atomic mass is 10.2. The minimum atomic E-state index is -0.0871. The predicted octanol–water partition coefficient (Wildman–Crippen LogP) is 2.61. The van der Waals surface area contributed by atoms with Crippen LogP contribution in [0, 0.1) is 0 Å². The lowest BCUT2D eigenvalue weighted by Gasteiger charge is -2.22. The van der Waals surface area contributed by atoms with Crippen LogP contribution in [0.25, 0.3) is 0 Å². The highest BCUT2D eigenvalue weighted by Crippen LogP contribution is 2.22. The third kappa shape index (κ3) is 3.73. The molecule has 1 unspecified atom stereocenters. The first kappa shape index (κ1) is 14.9. The van der Waals surface area contributed by atoms with E-state index >= 15 is 0 Å². The van der Waals surface area contributed by atoms with E-state index in [-0.39, 0.29) is 12.0 Å². The molecular weight excluding hydrogens is 254 g/mol. The molecule has 1 aromatic carbocycles. The van der Waals surface area contributed by atoms with Crippen molar-refractivity contribution >= 4 is 5.97 Å². The van der Waals surface area contributed by atoms with Crippen LogP contribution in [0.4, 0.5) is 0 Å². The Labute approximate surface area is 120 Å². The van der Waals surface area contributed by atoms with Crippen molar-refractivity contribution in [3.63, 3.8) is 0 Å². The third-order valence-corrected chi connectivity index (χ3v) is 3.54. The molecule has 110 valence electrons. The highest BCUT2D eigenvalue weighted by atomic mass is 16.5. The Kier molecular flexibility index (Phi) is 5.41. The van der Waals surface area contributed by atoms with Gasteiger partial charge < -0.3 is 9.47 Å². The normalized spacial score (nSPS) is 19.0. The monoisotopic (exact) mass is 277 g/mol. The van der Waals surface area contributed by atoms with E-state index in [4.69, 9.17) is 9.47 Å². The number of carbonyl (C=O) groups excluding carboxylic acids is 1. The lowest BCUT2D eigenvalue weighted by Crippen LogP contribution is -2.36. The molecular formula is C16H23NO3. The summed E-state index contributed by atoms with van der Waals surface area (Å²) in [5, 5.41) is 0. The Morgan fingerprint density at radius 1 is 1.25 bits per heavy atom. The SMILES string of the molecule is CCOC(=O)C1CCCN1Cc1ccc(OCC)cc1. The molecule has 4 nitrogen and oxygen atoms in total. The van der Waals surface area contributed by atoms with Gasteiger partial charge in [-0.15, -0.1) is 0 Å². The minimum Gasteiger partial charge on any atom is -0.494 e. The first-order chi connectivity index (χ1) is 9.74. The van der Waals surface area contributed by atoms with Crippen molar-refractivity contribution in [2.45, 2.75) is 39.3 Å². The van der Waals surface area contributed by atoms with E-state index in [1.165, 1.54) is 5.56 Å². The van der Waals surface area contributed by atoms with Gasteiger partial charge in [0.1, 0.15) is 11.8 Å². The van der Waals surface area contributed by atoms with E-state index in [0.717, 1.165) is 31.7 Å². The summed E-state index contributed by atoms with van der Waals surface area (Å²) in [6.07, 6.45) is 1.95. The minimum absolute atomic E-state index is 0.0819. The summed E-state index contributed by atoms with van der Waals surface area (Å²) in [4.78, 5) is 14.1. The molecule has 0 bridgehead atoms. The van der Waals surface area contributed by atoms with Gasteiger partial charge in [0.2, 0.25) is 0 Å². The Balaban J connectivity index is 1.95. The van der Waals surface area contributed by atoms with Crippen molar-refractivity contribution in [1.29, 1.82) is 0 Å². The van der Waals surface area contributed by atoms with Crippen LogP contribution in [0.1, 0.15) is 32.3 Å². The predicted molar refractivity (Wildman–Crippen MR) is 77.7 cm³/mol. The highest BCUT2D eigenvalue weighted by molar-refractivity contribution is 5.76. The molecule has 1 fully saturated rings. The van der Waals surface area contributed by atoms with E-state index in [9.17, 15) is 4.79 Å². The number of likely N-dealkylation sites (tertiary alicyclic amines) is 1. The van der Waals surface area contributed by atoms with E-state index < -0.39 is 0 Å². The summed E-state index contributed by atoms with van der Waals surface area (Å²) in [6.45, 7) is 6.70. The van der Waals surface area contributed by atoms with E-state index in [1.54, 1.807) is 0 Å². The van der Waals surface area contributed by atoms with Gasteiger partial charge in [0.25, 0.3) is 0 Å². The Morgan fingerprint density at radius 3 is 2.65 bits per heavy atom. The molecule has 0 saturated carbocycles. The molecule has 0 N–H and O–H groups in total.